The zero-order valence-electron chi connectivity index (χ0n) is 15.5. The van der Waals surface area contributed by atoms with Crippen molar-refractivity contribution in [3.63, 3.8) is 0 Å². The Hall–Kier alpha value is -2.66. The molecule has 3 rings (SSSR count). The van der Waals surface area contributed by atoms with Crippen molar-refractivity contribution in [1.82, 2.24) is 4.90 Å². The summed E-state index contributed by atoms with van der Waals surface area (Å²) < 4.78 is 10.5. The molecule has 2 aromatic carbocycles. The first kappa shape index (κ1) is 19.1. The summed E-state index contributed by atoms with van der Waals surface area (Å²) in [5.74, 6) is 1.32. The number of piperazine rings is 1. The van der Waals surface area contributed by atoms with Crippen molar-refractivity contribution in [3.8, 4) is 11.5 Å². The minimum absolute atomic E-state index is 0.0144. The summed E-state index contributed by atoms with van der Waals surface area (Å²) in [6.07, 6.45) is 3.41. The fourth-order valence-corrected chi connectivity index (χ4v) is 3.19. The second kappa shape index (κ2) is 8.82. The van der Waals surface area contributed by atoms with Crippen molar-refractivity contribution in [3.05, 3.63) is 59.1 Å². The summed E-state index contributed by atoms with van der Waals surface area (Å²) in [5, 5.41) is 0.730. The molecule has 1 amide bonds. The van der Waals surface area contributed by atoms with Gasteiger partial charge in [0, 0.05) is 43.0 Å². The van der Waals surface area contributed by atoms with Gasteiger partial charge >= 0.3 is 0 Å². The molecule has 5 nitrogen and oxygen atoms in total. The van der Waals surface area contributed by atoms with E-state index in [1.165, 1.54) is 0 Å². The van der Waals surface area contributed by atoms with Crippen LogP contribution in [0.25, 0.3) is 6.08 Å². The predicted octanol–water partition coefficient (Wildman–Crippen LogP) is 3.72. The minimum Gasteiger partial charge on any atom is -0.493 e. The highest BCUT2D eigenvalue weighted by Gasteiger charge is 2.19. The molecule has 1 heterocycles. The molecule has 6 heteroatoms. The van der Waals surface area contributed by atoms with E-state index in [9.17, 15) is 4.79 Å². The topological polar surface area (TPSA) is 42.0 Å². The van der Waals surface area contributed by atoms with Crippen molar-refractivity contribution in [1.29, 1.82) is 0 Å². The van der Waals surface area contributed by atoms with Crippen LogP contribution in [0.1, 0.15) is 5.56 Å². The van der Waals surface area contributed by atoms with E-state index in [0.717, 1.165) is 29.4 Å². The summed E-state index contributed by atoms with van der Waals surface area (Å²) in [5.41, 5.74) is 2.02. The lowest BCUT2D eigenvalue weighted by Crippen LogP contribution is -2.48. The third kappa shape index (κ3) is 4.74. The van der Waals surface area contributed by atoms with Gasteiger partial charge in [0.05, 0.1) is 14.2 Å². The van der Waals surface area contributed by atoms with Crippen molar-refractivity contribution in [2.24, 2.45) is 0 Å². The molecular weight excluding hydrogens is 364 g/mol. The van der Waals surface area contributed by atoms with Gasteiger partial charge in [-0.3, -0.25) is 4.79 Å². The Morgan fingerprint density at radius 2 is 1.63 bits per heavy atom. The van der Waals surface area contributed by atoms with E-state index >= 15 is 0 Å². The maximum Gasteiger partial charge on any atom is 0.246 e. The molecule has 0 aliphatic carbocycles. The van der Waals surface area contributed by atoms with Gasteiger partial charge in [-0.05, 0) is 48.0 Å². The smallest absolute Gasteiger partial charge is 0.246 e. The quantitative estimate of drug-likeness (QED) is 0.734. The second-order valence-corrected chi connectivity index (χ2v) is 6.67. The van der Waals surface area contributed by atoms with E-state index in [0.29, 0.717) is 24.6 Å². The zero-order chi connectivity index (χ0) is 19.2. The maximum atomic E-state index is 12.5. The number of rotatable bonds is 5. The molecule has 2 aromatic rings. The average Bonchev–Trinajstić information content (AvgIpc) is 2.72. The van der Waals surface area contributed by atoms with Crippen LogP contribution in [0.15, 0.2) is 48.5 Å². The molecule has 0 saturated carbocycles. The van der Waals surface area contributed by atoms with Gasteiger partial charge in [0.15, 0.2) is 11.5 Å². The van der Waals surface area contributed by atoms with Crippen molar-refractivity contribution < 1.29 is 14.3 Å². The fraction of sp³-hybridized carbons (Fsp3) is 0.286. The third-order valence-corrected chi connectivity index (χ3v) is 4.86. The highest BCUT2D eigenvalue weighted by molar-refractivity contribution is 6.30. The maximum absolute atomic E-state index is 12.5. The number of halogens is 1. The normalized spacial score (nSPS) is 14.5. The van der Waals surface area contributed by atoms with Crippen LogP contribution in [0.3, 0.4) is 0 Å². The summed E-state index contributed by atoms with van der Waals surface area (Å²) in [6.45, 7) is 2.99. The lowest BCUT2D eigenvalue weighted by molar-refractivity contribution is -0.126. The number of carbonyl (C=O) groups is 1. The highest BCUT2D eigenvalue weighted by atomic mass is 35.5. The number of methoxy groups -OCH3 is 2. The summed E-state index contributed by atoms with van der Waals surface area (Å²) in [7, 11) is 3.19. The number of amides is 1. The molecule has 1 fully saturated rings. The molecule has 27 heavy (non-hydrogen) atoms. The van der Waals surface area contributed by atoms with E-state index < -0.39 is 0 Å². The molecule has 0 aromatic heterocycles. The zero-order valence-corrected chi connectivity index (χ0v) is 16.3. The van der Waals surface area contributed by atoms with Gasteiger partial charge in [0.2, 0.25) is 5.91 Å². The van der Waals surface area contributed by atoms with Crippen LogP contribution < -0.4 is 14.4 Å². The number of hydrogen-bond donors (Lipinski definition) is 0. The molecule has 0 unspecified atom stereocenters. The Balaban J connectivity index is 1.58. The number of nitrogens with zero attached hydrogens (tertiary/aromatic N) is 2. The monoisotopic (exact) mass is 386 g/mol. The average molecular weight is 387 g/mol. The van der Waals surface area contributed by atoms with Gasteiger partial charge in [-0.25, -0.2) is 0 Å². The van der Waals surface area contributed by atoms with E-state index in [1.54, 1.807) is 26.4 Å². The van der Waals surface area contributed by atoms with Gasteiger partial charge in [-0.2, -0.15) is 0 Å². The van der Waals surface area contributed by atoms with Crippen molar-refractivity contribution in [2.75, 3.05) is 45.3 Å². The Bertz CT molecular complexity index is 813. The number of benzene rings is 2. The molecule has 1 aliphatic rings. The molecule has 142 valence electrons. The molecule has 0 spiro atoms. The molecule has 0 radical (unpaired) electrons. The van der Waals surface area contributed by atoms with Crippen LogP contribution in [0, 0.1) is 0 Å². The van der Waals surface area contributed by atoms with Crippen LogP contribution in [0.5, 0.6) is 11.5 Å². The Morgan fingerprint density at radius 1 is 0.963 bits per heavy atom. The summed E-state index contributed by atoms with van der Waals surface area (Å²) in [6, 6.07) is 13.4. The second-order valence-electron chi connectivity index (χ2n) is 6.24. The van der Waals surface area contributed by atoms with E-state index in [4.69, 9.17) is 21.1 Å². The van der Waals surface area contributed by atoms with Gasteiger partial charge in [-0.1, -0.05) is 17.7 Å². The molecule has 1 saturated heterocycles. The van der Waals surface area contributed by atoms with Gasteiger partial charge in [-0.15, -0.1) is 0 Å². The predicted molar refractivity (Wildman–Crippen MR) is 109 cm³/mol. The number of hydrogen-bond acceptors (Lipinski definition) is 4. The van der Waals surface area contributed by atoms with E-state index in [2.05, 4.69) is 4.90 Å². The molecule has 1 aliphatic heterocycles. The van der Waals surface area contributed by atoms with Crippen LogP contribution in [0.2, 0.25) is 5.02 Å². The van der Waals surface area contributed by atoms with Crippen LogP contribution in [0.4, 0.5) is 5.69 Å². The lowest BCUT2D eigenvalue weighted by atomic mass is 10.1. The Kier molecular flexibility index (Phi) is 6.24. The van der Waals surface area contributed by atoms with Crippen LogP contribution in [-0.4, -0.2) is 51.2 Å². The Morgan fingerprint density at radius 3 is 2.26 bits per heavy atom. The number of carbonyl (C=O) groups excluding carboxylic acids is 1. The third-order valence-electron chi connectivity index (χ3n) is 4.61. The molecule has 0 atom stereocenters. The SMILES string of the molecule is COc1ccc(/C=C/C(=O)N2CCN(c3ccc(Cl)cc3)CC2)cc1OC. The van der Waals surface area contributed by atoms with E-state index in [-0.39, 0.29) is 5.91 Å². The molecule has 0 bridgehead atoms. The van der Waals surface area contributed by atoms with Crippen LogP contribution >= 0.6 is 11.6 Å². The fourth-order valence-electron chi connectivity index (χ4n) is 3.07. The van der Waals surface area contributed by atoms with Gasteiger partial charge < -0.3 is 19.3 Å². The number of ether oxygens (including phenoxy) is 2. The van der Waals surface area contributed by atoms with Crippen LogP contribution in [-0.2, 0) is 4.79 Å². The first-order valence-electron chi connectivity index (χ1n) is 8.80. The summed E-state index contributed by atoms with van der Waals surface area (Å²) in [4.78, 5) is 16.6. The first-order chi connectivity index (χ1) is 13.1. The van der Waals surface area contributed by atoms with E-state index in [1.807, 2.05) is 47.4 Å². The van der Waals surface area contributed by atoms with Crippen molar-refractivity contribution >= 4 is 29.3 Å². The largest absolute Gasteiger partial charge is 0.493 e. The standard InChI is InChI=1S/C21H23ClN2O3/c1-26-19-9-3-16(15-20(19)27-2)4-10-21(25)24-13-11-23(12-14-24)18-7-5-17(22)6-8-18/h3-10,15H,11-14H2,1-2H3/b10-4+. The van der Waals surface area contributed by atoms with Gasteiger partial charge in [0.1, 0.15) is 0 Å². The van der Waals surface area contributed by atoms with Crippen molar-refractivity contribution in [2.45, 2.75) is 0 Å². The number of anilines is 1. The summed E-state index contributed by atoms with van der Waals surface area (Å²) >= 11 is 5.94. The highest BCUT2D eigenvalue weighted by Crippen LogP contribution is 2.28. The Labute approximate surface area is 164 Å². The molecular formula is C21H23ClN2O3. The first-order valence-corrected chi connectivity index (χ1v) is 9.18. The minimum atomic E-state index is 0.0144. The van der Waals surface area contributed by atoms with Gasteiger partial charge in [0.25, 0.3) is 0 Å². The molecule has 0 N–H and O–H groups in total. The lowest BCUT2D eigenvalue weighted by Gasteiger charge is -2.35.